The van der Waals surface area contributed by atoms with E-state index in [1.165, 1.54) is 12.1 Å². The summed E-state index contributed by atoms with van der Waals surface area (Å²) in [5.74, 6) is 0.276. The second-order valence-electron chi connectivity index (χ2n) is 4.37. The summed E-state index contributed by atoms with van der Waals surface area (Å²) in [7, 11) is 1.58. The third-order valence-electron chi connectivity index (χ3n) is 3.12. The number of hydrogen-bond acceptors (Lipinski definition) is 3. The lowest BCUT2D eigenvalue weighted by Gasteiger charge is -2.11. The summed E-state index contributed by atoms with van der Waals surface area (Å²) < 4.78 is 19.7. The average molecular weight is 368 g/mol. The molecule has 0 radical (unpaired) electrons. The fraction of sp³-hybridized carbons (Fsp3) is 0.0667. The minimum absolute atomic E-state index is 0.171. The summed E-state index contributed by atoms with van der Waals surface area (Å²) >= 11 is 9.40. The third-order valence-corrected chi connectivity index (χ3v) is 3.89. The van der Waals surface area contributed by atoms with Gasteiger partial charge in [0.2, 0.25) is 0 Å². The minimum atomic E-state index is -0.369. The molecule has 1 aromatic heterocycles. The van der Waals surface area contributed by atoms with E-state index in [4.69, 9.17) is 16.3 Å². The first-order valence-electron chi connectivity index (χ1n) is 6.05. The largest absolute Gasteiger partial charge is 0.496 e. The van der Waals surface area contributed by atoms with E-state index in [0.717, 1.165) is 15.4 Å². The van der Waals surface area contributed by atoms with Gasteiger partial charge in [-0.05, 0) is 36.4 Å². The Kier molecular flexibility index (Phi) is 3.78. The molecule has 0 saturated carbocycles. The third kappa shape index (κ3) is 2.59. The molecule has 0 N–H and O–H groups in total. The van der Waals surface area contributed by atoms with Crippen LogP contribution in [0.2, 0.25) is 5.15 Å². The summed E-state index contributed by atoms with van der Waals surface area (Å²) in [6.45, 7) is 0. The van der Waals surface area contributed by atoms with Gasteiger partial charge in [-0.25, -0.2) is 4.39 Å². The second kappa shape index (κ2) is 5.58. The van der Waals surface area contributed by atoms with Crippen LogP contribution in [0.15, 0.2) is 40.9 Å². The van der Waals surface area contributed by atoms with Crippen LogP contribution < -0.4 is 4.74 Å². The van der Waals surface area contributed by atoms with Crippen molar-refractivity contribution in [3.05, 3.63) is 51.8 Å². The summed E-state index contributed by atoms with van der Waals surface area (Å²) in [5.41, 5.74) is 1.36. The van der Waals surface area contributed by atoms with Crippen LogP contribution in [0, 0.1) is 5.82 Å². The number of aromatic nitrogens is 2. The Labute approximate surface area is 133 Å². The number of rotatable bonds is 2. The van der Waals surface area contributed by atoms with Crippen LogP contribution in [-0.4, -0.2) is 17.3 Å². The molecule has 0 fully saturated rings. The van der Waals surface area contributed by atoms with Gasteiger partial charge in [0.25, 0.3) is 0 Å². The van der Waals surface area contributed by atoms with Gasteiger partial charge in [0.05, 0.1) is 7.11 Å². The predicted molar refractivity (Wildman–Crippen MR) is 84.2 cm³/mol. The number of ether oxygens (including phenoxy) is 1. The zero-order valence-corrected chi connectivity index (χ0v) is 13.2. The van der Waals surface area contributed by atoms with Gasteiger partial charge in [0, 0.05) is 20.8 Å². The molecular weight excluding hydrogens is 359 g/mol. The van der Waals surface area contributed by atoms with Crippen molar-refractivity contribution in [1.29, 1.82) is 0 Å². The molecule has 0 atom stereocenters. The van der Waals surface area contributed by atoms with Gasteiger partial charge in [0.1, 0.15) is 17.3 Å². The number of methoxy groups -OCH3 is 1. The van der Waals surface area contributed by atoms with Gasteiger partial charge in [-0.2, -0.15) is 0 Å². The zero-order chi connectivity index (χ0) is 15.0. The van der Waals surface area contributed by atoms with Gasteiger partial charge in [-0.1, -0.05) is 27.5 Å². The molecular formula is C15H9BrClFN2O. The number of halogens is 3. The molecule has 0 bridgehead atoms. The van der Waals surface area contributed by atoms with E-state index in [2.05, 4.69) is 26.1 Å². The Morgan fingerprint density at radius 2 is 1.90 bits per heavy atom. The first-order valence-corrected chi connectivity index (χ1v) is 7.22. The van der Waals surface area contributed by atoms with Crippen LogP contribution in [-0.2, 0) is 0 Å². The van der Waals surface area contributed by atoms with E-state index >= 15 is 0 Å². The molecule has 0 aliphatic rings. The summed E-state index contributed by atoms with van der Waals surface area (Å²) in [6.07, 6.45) is 0. The molecule has 0 unspecified atom stereocenters. The highest BCUT2D eigenvalue weighted by atomic mass is 79.9. The maximum atomic E-state index is 13.4. The molecule has 3 aromatic rings. The number of fused-ring (bicyclic) bond motifs is 1. The van der Waals surface area contributed by atoms with Crippen LogP contribution >= 0.6 is 27.5 Å². The number of nitrogens with zero attached hydrogens (tertiary/aromatic N) is 2. The van der Waals surface area contributed by atoms with Crippen molar-refractivity contribution in [2.45, 2.75) is 0 Å². The van der Waals surface area contributed by atoms with E-state index < -0.39 is 0 Å². The maximum absolute atomic E-state index is 13.4. The highest BCUT2D eigenvalue weighted by molar-refractivity contribution is 9.10. The van der Waals surface area contributed by atoms with E-state index in [1.54, 1.807) is 13.2 Å². The quantitative estimate of drug-likeness (QED) is 0.649. The van der Waals surface area contributed by atoms with Gasteiger partial charge in [-0.3, -0.25) is 0 Å². The fourth-order valence-electron chi connectivity index (χ4n) is 2.15. The molecule has 3 rings (SSSR count). The topological polar surface area (TPSA) is 35.0 Å². The summed E-state index contributed by atoms with van der Waals surface area (Å²) in [6, 6.07) is 9.94. The van der Waals surface area contributed by atoms with Crippen molar-refractivity contribution in [3.8, 4) is 17.0 Å². The molecule has 0 spiro atoms. The Balaban J connectivity index is 2.33. The van der Waals surface area contributed by atoms with Crippen LogP contribution in [0.4, 0.5) is 4.39 Å². The number of hydrogen-bond donors (Lipinski definition) is 0. The van der Waals surface area contributed by atoms with Gasteiger partial charge >= 0.3 is 0 Å². The lowest BCUT2D eigenvalue weighted by Crippen LogP contribution is -1.95. The van der Waals surface area contributed by atoms with Crippen LogP contribution in [0.3, 0.4) is 0 Å². The van der Waals surface area contributed by atoms with Crippen LogP contribution in [0.25, 0.3) is 22.0 Å². The number of benzene rings is 2. The minimum Gasteiger partial charge on any atom is -0.496 e. The molecule has 0 amide bonds. The van der Waals surface area contributed by atoms with Gasteiger partial charge < -0.3 is 4.74 Å². The zero-order valence-electron chi connectivity index (χ0n) is 10.9. The molecule has 0 saturated heterocycles. The Hall–Kier alpha value is -1.72. The van der Waals surface area contributed by atoms with Crippen molar-refractivity contribution >= 4 is 38.3 Å². The van der Waals surface area contributed by atoms with E-state index in [1.807, 2.05) is 18.2 Å². The summed E-state index contributed by atoms with van der Waals surface area (Å²) in [5, 5.41) is 9.46. The molecule has 0 aliphatic carbocycles. The van der Waals surface area contributed by atoms with Gasteiger partial charge in [-0.15, -0.1) is 10.2 Å². The standard InChI is InChI=1S/C15H9BrClFN2O/c1-21-13-6-8(16)2-4-11(13)14-10-5-3-9(18)7-12(10)15(17)20-19-14/h2-7H,1H3. The Morgan fingerprint density at radius 3 is 2.67 bits per heavy atom. The Morgan fingerprint density at radius 1 is 1.10 bits per heavy atom. The van der Waals surface area contributed by atoms with Crippen molar-refractivity contribution in [2.75, 3.05) is 7.11 Å². The normalized spacial score (nSPS) is 10.9. The van der Waals surface area contributed by atoms with E-state index in [-0.39, 0.29) is 11.0 Å². The maximum Gasteiger partial charge on any atom is 0.159 e. The highest BCUT2D eigenvalue weighted by Gasteiger charge is 2.14. The van der Waals surface area contributed by atoms with Crippen molar-refractivity contribution < 1.29 is 9.13 Å². The van der Waals surface area contributed by atoms with Crippen LogP contribution in [0.5, 0.6) is 5.75 Å². The lowest BCUT2D eigenvalue weighted by atomic mass is 10.0. The molecule has 2 aromatic carbocycles. The molecule has 1 heterocycles. The SMILES string of the molecule is COc1cc(Br)ccc1-c1nnc(Cl)c2cc(F)ccc12. The molecule has 106 valence electrons. The molecule has 6 heteroatoms. The van der Waals surface area contributed by atoms with Crippen molar-refractivity contribution in [1.82, 2.24) is 10.2 Å². The fourth-order valence-corrected chi connectivity index (χ4v) is 2.69. The second-order valence-corrected chi connectivity index (χ2v) is 5.65. The Bertz CT molecular complexity index is 841. The monoisotopic (exact) mass is 366 g/mol. The first-order chi connectivity index (χ1) is 10.1. The smallest absolute Gasteiger partial charge is 0.159 e. The average Bonchev–Trinajstić information content (AvgIpc) is 2.48. The lowest BCUT2D eigenvalue weighted by molar-refractivity contribution is 0.416. The molecule has 21 heavy (non-hydrogen) atoms. The van der Waals surface area contributed by atoms with Crippen molar-refractivity contribution in [2.24, 2.45) is 0 Å². The van der Waals surface area contributed by atoms with E-state index in [0.29, 0.717) is 16.8 Å². The predicted octanol–water partition coefficient (Wildman–Crippen LogP) is 4.86. The first kappa shape index (κ1) is 14.2. The molecule has 0 aliphatic heterocycles. The highest BCUT2D eigenvalue weighted by Crippen LogP contribution is 2.36. The van der Waals surface area contributed by atoms with Crippen LogP contribution in [0.1, 0.15) is 0 Å². The molecule has 3 nitrogen and oxygen atoms in total. The summed E-state index contributed by atoms with van der Waals surface area (Å²) in [4.78, 5) is 0. The van der Waals surface area contributed by atoms with Gasteiger partial charge in [0.15, 0.2) is 5.15 Å². The van der Waals surface area contributed by atoms with Crippen molar-refractivity contribution in [3.63, 3.8) is 0 Å². The van der Waals surface area contributed by atoms with E-state index in [9.17, 15) is 4.39 Å².